The fourth-order valence-electron chi connectivity index (χ4n) is 1.55. The average Bonchev–Trinajstić information content (AvgIpc) is 2.47. The first kappa shape index (κ1) is 15.7. The highest BCUT2D eigenvalue weighted by molar-refractivity contribution is 5.52. The lowest BCUT2D eigenvalue weighted by atomic mass is 10.1. The zero-order valence-corrected chi connectivity index (χ0v) is 11.8. The van der Waals surface area contributed by atoms with Gasteiger partial charge in [0, 0.05) is 6.20 Å². The van der Waals surface area contributed by atoms with Gasteiger partial charge in [0.1, 0.15) is 5.76 Å². The van der Waals surface area contributed by atoms with Crippen molar-refractivity contribution in [1.82, 2.24) is 10.3 Å². The summed E-state index contributed by atoms with van der Waals surface area (Å²) in [5.41, 5.74) is 7.30. The van der Waals surface area contributed by atoms with Crippen LogP contribution < -0.4 is 16.9 Å². The summed E-state index contributed by atoms with van der Waals surface area (Å²) in [6, 6.07) is 5.58. The molecule has 0 spiro atoms. The van der Waals surface area contributed by atoms with Gasteiger partial charge in [-0.3, -0.25) is 9.98 Å². The van der Waals surface area contributed by atoms with E-state index < -0.39 is 0 Å². The van der Waals surface area contributed by atoms with Gasteiger partial charge in [-0.1, -0.05) is 6.07 Å². The van der Waals surface area contributed by atoms with E-state index in [1.807, 2.05) is 31.3 Å². The van der Waals surface area contributed by atoms with Gasteiger partial charge in [-0.05, 0) is 43.8 Å². The lowest BCUT2D eigenvalue weighted by Crippen LogP contribution is -2.13. The third-order valence-corrected chi connectivity index (χ3v) is 2.63. The van der Waals surface area contributed by atoms with E-state index >= 15 is 0 Å². The first-order valence-corrected chi connectivity index (χ1v) is 6.26. The molecule has 20 heavy (non-hydrogen) atoms. The summed E-state index contributed by atoms with van der Waals surface area (Å²) in [4.78, 5) is 13.0. The smallest absolute Gasteiger partial charge is 0.119 e. The summed E-state index contributed by atoms with van der Waals surface area (Å²) < 4.78 is 0. The Morgan fingerprint density at radius 1 is 1.50 bits per heavy atom. The third kappa shape index (κ3) is 5.53. The second-order valence-electron chi connectivity index (χ2n) is 4.23. The van der Waals surface area contributed by atoms with E-state index in [1.54, 1.807) is 19.2 Å². The van der Waals surface area contributed by atoms with Gasteiger partial charge in [-0.15, -0.1) is 0 Å². The Bertz CT molecular complexity index is 482. The van der Waals surface area contributed by atoms with Gasteiger partial charge in [0.2, 0.25) is 0 Å². The molecule has 1 rings (SSSR count). The normalized spacial score (nSPS) is 14.3. The van der Waals surface area contributed by atoms with Crippen LogP contribution in [0.2, 0.25) is 0 Å². The molecular formula is C14H21N5O. The molecule has 1 unspecified atom stereocenters. The Kier molecular flexibility index (Phi) is 6.84. The molecular weight excluding hydrogens is 254 g/mol. The topological polar surface area (TPSA) is 98.5 Å². The summed E-state index contributed by atoms with van der Waals surface area (Å²) in [6.45, 7) is 4.35. The van der Waals surface area contributed by atoms with Gasteiger partial charge in [0.05, 0.1) is 24.6 Å². The van der Waals surface area contributed by atoms with Crippen molar-refractivity contribution in [1.29, 1.82) is 0 Å². The van der Waals surface area contributed by atoms with Crippen molar-refractivity contribution in [2.75, 3.05) is 0 Å². The number of rotatable bonds is 7. The number of allylic oxidation sites excluding steroid dienone is 1. The molecule has 1 heterocycles. The van der Waals surface area contributed by atoms with Crippen molar-refractivity contribution in [3.63, 3.8) is 0 Å². The van der Waals surface area contributed by atoms with Crippen LogP contribution in [-0.2, 0) is 11.4 Å². The van der Waals surface area contributed by atoms with Gasteiger partial charge in [-0.25, -0.2) is 0 Å². The molecule has 0 saturated carbocycles. The molecule has 6 heteroatoms. The highest BCUT2D eigenvalue weighted by Crippen LogP contribution is 2.09. The quantitative estimate of drug-likeness (QED) is 0.301. The van der Waals surface area contributed by atoms with Gasteiger partial charge in [0.25, 0.3) is 0 Å². The van der Waals surface area contributed by atoms with Crippen molar-refractivity contribution in [3.8, 4) is 0 Å². The third-order valence-electron chi connectivity index (χ3n) is 2.63. The number of nitrogens with zero attached hydrogens (tertiary/aromatic N) is 2. The molecule has 0 amide bonds. The maximum Gasteiger partial charge on any atom is 0.119 e. The zero-order chi connectivity index (χ0) is 14.8. The molecule has 1 aromatic rings. The molecule has 0 aromatic carbocycles. The molecule has 108 valence electrons. The Morgan fingerprint density at radius 3 is 2.90 bits per heavy atom. The second kappa shape index (κ2) is 8.71. The Balaban J connectivity index is 2.64. The predicted molar refractivity (Wildman–Crippen MR) is 80.3 cm³/mol. The molecule has 5 N–H and O–H groups in total. The number of aliphatic imine (C=N–C) groups is 1. The number of nitrogens with two attached hydrogens (primary N) is 2. The number of hydrogen-bond acceptors (Lipinski definition) is 5. The monoisotopic (exact) mass is 275 g/mol. The Hall–Kier alpha value is -2.34. The van der Waals surface area contributed by atoms with Crippen LogP contribution in [0.5, 0.6) is 0 Å². The van der Waals surface area contributed by atoms with E-state index in [0.29, 0.717) is 12.3 Å². The van der Waals surface area contributed by atoms with Crippen LogP contribution in [0.1, 0.15) is 19.5 Å². The molecule has 0 saturated heterocycles. The van der Waals surface area contributed by atoms with Crippen molar-refractivity contribution in [3.05, 3.63) is 53.7 Å². The lowest BCUT2D eigenvalue weighted by Gasteiger charge is -2.10. The van der Waals surface area contributed by atoms with Crippen LogP contribution in [0.4, 0.5) is 0 Å². The van der Waals surface area contributed by atoms with Crippen LogP contribution in [0.25, 0.3) is 0 Å². The number of aromatic nitrogens is 1. The van der Waals surface area contributed by atoms with Gasteiger partial charge >= 0.3 is 0 Å². The molecule has 0 fully saturated rings. The van der Waals surface area contributed by atoms with E-state index in [-0.39, 0.29) is 6.04 Å². The highest BCUT2D eigenvalue weighted by atomic mass is 16.6. The summed E-state index contributed by atoms with van der Waals surface area (Å²) >= 11 is 0. The summed E-state index contributed by atoms with van der Waals surface area (Å²) in [5, 5.41) is 3.19. The fourth-order valence-corrected chi connectivity index (χ4v) is 1.55. The van der Waals surface area contributed by atoms with Crippen molar-refractivity contribution >= 4 is 6.34 Å². The summed E-state index contributed by atoms with van der Waals surface area (Å²) in [5.74, 6) is 5.68. The zero-order valence-electron chi connectivity index (χ0n) is 11.8. The Labute approximate surface area is 119 Å². The fraction of sp³-hybridized carbons (Fsp3) is 0.286. The van der Waals surface area contributed by atoms with Crippen LogP contribution >= 0.6 is 0 Å². The van der Waals surface area contributed by atoms with Gasteiger partial charge < -0.3 is 15.9 Å². The molecule has 1 atom stereocenters. The molecule has 0 bridgehead atoms. The summed E-state index contributed by atoms with van der Waals surface area (Å²) in [6.07, 6.45) is 6.70. The van der Waals surface area contributed by atoms with E-state index in [9.17, 15) is 0 Å². The molecule has 0 aliphatic carbocycles. The van der Waals surface area contributed by atoms with Crippen LogP contribution in [-0.4, -0.2) is 17.4 Å². The second-order valence-corrected chi connectivity index (χ2v) is 4.23. The number of nitrogens with one attached hydrogen (secondary N) is 1. The first-order chi connectivity index (χ1) is 9.67. The Morgan fingerprint density at radius 2 is 2.30 bits per heavy atom. The number of pyridine rings is 1. The lowest BCUT2D eigenvalue weighted by molar-refractivity contribution is 0.221. The van der Waals surface area contributed by atoms with Crippen LogP contribution in [0.3, 0.4) is 0 Å². The average molecular weight is 275 g/mol. The van der Waals surface area contributed by atoms with Gasteiger partial charge in [-0.2, -0.15) is 5.90 Å². The number of hydrogen-bond donors (Lipinski definition) is 3. The molecule has 0 aliphatic heterocycles. The van der Waals surface area contributed by atoms with Crippen molar-refractivity contribution in [2.45, 2.75) is 26.4 Å². The van der Waals surface area contributed by atoms with E-state index in [1.165, 1.54) is 6.34 Å². The summed E-state index contributed by atoms with van der Waals surface area (Å²) in [7, 11) is 0. The van der Waals surface area contributed by atoms with E-state index in [4.69, 9.17) is 11.6 Å². The minimum Gasteiger partial charge on any atom is -0.417 e. The molecule has 1 aromatic heterocycles. The maximum absolute atomic E-state index is 5.35. The highest BCUT2D eigenvalue weighted by Gasteiger charge is 2.06. The molecule has 0 aliphatic rings. The SMILES string of the molecule is C/C(=C\C(N=CN)/C(C)=C/NCc1ccccn1)ON. The van der Waals surface area contributed by atoms with Crippen molar-refractivity contribution < 1.29 is 4.84 Å². The first-order valence-electron chi connectivity index (χ1n) is 6.26. The van der Waals surface area contributed by atoms with Gasteiger partial charge in [0.15, 0.2) is 0 Å². The standard InChI is InChI=1S/C14H21N5O/c1-11(14(19-10-15)7-12(2)20-16)8-17-9-13-5-3-4-6-18-13/h3-8,10,14,17H,9,16H2,1-2H3,(H2,15,19)/b11-8+,12-7+. The molecule has 0 radical (unpaired) electrons. The maximum atomic E-state index is 5.35. The minimum atomic E-state index is -0.209. The minimum absolute atomic E-state index is 0.209. The van der Waals surface area contributed by atoms with Crippen LogP contribution in [0.15, 0.2) is 53.0 Å². The van der Waals surface area contributed by atoms with Crippen molar-refractivity contribution in [2.24, 2.45) is 16.6 Å². The largest absolute Gasteiger partial charge is 0.417 e. The predicted octanol–water partition coefficient (Wildman–Crippen LogP) is 1.22. The molecule has 6 nitrogen and oxygen atoms in total. The van der Waals surface area contributed by atoms with E-state index in [2.05, 4.69) is 20.1 Å². The van der Waals surface area contributed by atoms with Crippen LogP contribution in [0, 0.1) is 0 Å². The van der Waals surface area contributed by atoms with E-state index in [0.717, 1.165) is 11.3 Å².